The van der Waals surface area contributed by atoms with Crippen LogP contribution in [0.3, 0.4) is 0 Å². The van der Waals surface area contributed by atoms with Gasteiger partial charge in [0.25, 0.3) is 35.4 Å². The maximum atomic E-state index is 14.0. The predicted octanol–water partition coefficient (Wildman–Crippen LogP) is 11.3. The van der Waals surface area contributed by atoms with E-state index in [1.807, 2.05) is 71.6 Å². The van der Waals surface area contributed by atoms with Gasteiger partial charge in [0.05, 0.1) is 82.4 Å². The summed E-state index contributed by atoms with van der Waals surface area (Å²) in [4.78, 5) is 161. The highest BCUT2D eigenvalue weighted by Crippen LogP contribution is 2.37. The summed E-state index contributed by atoms with van der Waals surface area (Å²) in [7, 11) is 0. The van der Waals surface area contributed by atoms with E-state index in [0.717, 1.165) is 108 Å². The van der Waals surface area contributed by atoms with Crippen LogP contribution in [0.2, 0.25) is 0 Å². The highest BCUT2D eigenvalue weighted by atomic mass is 19.1. The van der Waals surface area contributed by atoms with Crippen LogP contribution >= 0.6 is 0 Å². The smallest absolute Gasteiger partial charge is 0.317 e. The highest BCUT2D eigenvalue weighted by Gasteiger charge is 2.47. The number of hydrogen-bond donors (Lipinski definition) is 11. The lowest BCUT2D eigenvalue weighted by Gasteiger charge is -2.36. The number of piperazine rings is 2. The second-order valence-corrected chi connectivity index (χ2v) is 35.5. The zero-order valence-electron chi connectivity index (χ0n) is 75.5. The molecule has 0 radical (unpaired) electrons. The summed E-state index contributed by atoms with van der Waals surface area (Å²) in [6.45, 7) is 10.6. The lowest BCUT2D eigenvalue weighted by molar-refractivity contribution is -0.138. The number of imide groups is 2. The van der Waals surface area contributed by atoms with E-state index in [4.69, 9.17) is 20.3 Å². The molecule has 137 heavy (non-hydrogen) atoms. The molecule has 12 N–H and O–H groups in total. The van der Waals surface area contributed by atoms with E-state index in [1.165, 1.54) is 24.3 Å². The van der Waals surface area contributed by atoms with Gasteiger partial charge in [-0.05, 0) is 227 Å². The summed E-state index contributed by atoms with van der Waals surface area (Å²) in [5.41, 5.74) is 16.2. The van der Waals surface area contributed by atoms with E-state index in [0.29, 0.717) is 195 Å². The number of aromatic nitrogens is 4. The molecule has 2 aromatic heterocycles. The molecule has 6 aliphatic heterocycles. The van der Waals surface area contributed by atoms with Crippen molar-refractivity contribution in [3.63, 3.8) is 0 Å². The molecule has 4 saturated heterocycles. The molecule has 37 heteroatoms. The van der Waals surface area contributed by atoms with Crippen molar-refractivity contribution in [1.82, 2.24) is 45.3 Å². The third kappa shape index (κ3) is 23.9. The number of carbonyl (C=O) groups excluding carboxylic acids is 11. The monoisotopic (exact) mass is 1880 g/mol. The summed E-state index contributed by atoms with van der Waals surface area (Å²) >= 11 is 0. The number of nitrogens with zero attached hydrogens (tertiary/aromatic N) is 8. The number of carboxylic acids is 1. The maximum absolute atomic E-state index is 14.0. The van der Waals surface area contributed by atoms with Crippen LogP contribution in [0.5, 0.6) is 0 Å². The van der Waals surface area contributed by atoms with Crippen molar-refractivity contribution in [2.45, 2.75) is 127 Å². The lowest BCUT2D eigenvalue weighted by atomic mass is 9.92. The van der Waals surface area contributed by atoms with Crippen molar-refractivity contribution in [1.29, 1.82) is 0 Å². The van der Waals surface area contributed by atoms with Gasteiger partial charge in [-0.1, -0.05) is 12.1 Å². The van der Waals surface area contributed by atoms with Crippen LogP contribution in [-0.2, 0) is 51.1 Å². The molecule has 10 aromatic rings. The number of aliphatic carboxylic acids is 1. The van der Waals surface area contributed by atoms with Crippen molar-refractivity contribution in [3.8, 4) is 0 Å². The van der Waals surface area contributed by atoms with Gasteiger partial charge in [0, 0.05) is 180 Å². The van der Waals surface area contributed by atoms with Crippen LogP contribution in [0.25, 0.3) is 21.8 Å². The maximum Gasteiger partial charge on any atom is 0.317 e. The van der Waals surface area contributed by atoms with Gasteiger partial charge in [0.1, 0.15) is 34.8 Å². The van der Waals surface area contributed by atoms with Gasteiger partial charge in [-0.15, -0.1) is 0 Å². The van der Waals surface area contributed by atoms with E-state index >= 15 is 0 Å². The number of carbonyl (C=O) groups is 12. The molecule has 33 nitrogen and oxygen atoms in total. The Labute approximate surface area is 786 Å². The highest BCUT2D eigenvalue weighted by molar-refractivity contribution is 6.25. The number of fused-ring (bicyclic) bond motifs is 4. The number of anilines is 8. The number of nitrogens with two attached hydrogens (primary N) is 1. The summed E-state index contributed by atoms with van der Waals surface area (Å²) in [6.07, 6.45) is 7.44. The Bertz CT molecular complexity index is 6220. The second-order valence-electron chi connectivity index (χ2n) is 35.5. The molecule has 8 heterocycles. The van der Waals surface area contributed by atoms with E-state index < -0.39 is 70.7 Å². The standard InChI is InChI=1S/C50H53F2N9O7.C32H34F2N6O4.C18H21N3O4/c51-32-22-31(23-33(52)25-32)21-30-3-9-42-41(24-30)47(58-57-42)56-48(65)39-8-5-36(27-43(39)55-34-11-19-68-20-12-34)60-17-15-59(16-18-60)29-46(64)54-14-2-1-13-53-35-4-7-38-40(26-35)50(67)61(49(38)66)44-10-6-37(62)28-45(44)63;33-22-14-21(15-23(34)17-22)13-20-1-4-28-27(16-20)31(38-37-28)36-32(43)26-3-2-25(18-29(26)35-24-5-11-44-12-6-24)40-9-7-39(8-10-40)19-30(41)42;19-7-1-2-8-20-11-3-5-13-14(9-11)18(25)21(17(13)24)15-6-4-12(22)10-16(15)23/h3-5,7-9,22-27,34,44,53,55H,1-2,6,10-21,28-29H2,(H,54,64)(H2,56,57,58,65);1-4,14-18,24,35H,5-13,19H2,(H,41,42)(H2,36,37,38,43);3,5,9,15,20H,1-2,4,6-8,10,19H2. The second kappa shape index (κ2) is 44.1. The van der Waals surface area contributed by atoms with Crippen molar-refractivity contribution < 1.29 is 89.7 Å². The average Bonchev–Trinajstić information content (AvgIpc) is 1.61. The molecule has 2 aliphatic carbocycles. The number of amides is 7. The first kappa shape index (κ1) is 96.0. The van der Waals surface area contributed by atoms with E-state index in [2.05, 4.69) is 72.3 Å². The van der Waals surface area contributed by atoms with Crippen LogP contribution < -0.4 is 52.8 Å². The third-order valence-electron chi connectivity index (χ3n) is 25.8. The van der Waals surface area contributed by atoms with Crippen molar-refractivity contribution in [2.24, 2.45) is 5.73 Å². The Morgan fingerprint density at radius 3 is 1.26 bits per heavy atom. The van der Waals surface area contributed by atoms with E-state index in [-0.39, 0.29) is 110 Å². The van der Waals surface area contributed by atoms with Gasteiger partial charge >= 0.3 is 5.97 Å². The molecule has 6 fully saturated rings. The minimum Gasteiger partial charge on any atom is -0.480 e. The van der Waals surface area contributed by atoms with Crippen molar-refractivity contribution in [3.05, 3.63) is 224 Å². The number of halogens is 4. The molecule has 2 unspecified atom stereocenters. The first-order chi connectivity index (χ1) is 66.3. The quantitative estimate of drug-likeness (QED) is 0.00832. The molecular formula is C100H108F4N18O15. The molecule has 2 saturated carbocycles. The fourth-order valence-electron chi connectivity index (χ4n) is 18.6. The Balaban J connectivity index is 0.000000167. The predicted molar refractivity (Wildman–Crippen MR) is 506 cm³/mol. The van der Waals surface area contributed by atoms with Crippen LogP contribution in [0.15, 0.2) is 146 Å². The van der Waals surface area contributed by atoms with Crippen molar-refractivity contribution in [2.75, 3.05) is 160 Å². The Morgan fingerprint density at radius 1 is 0.438 bits per heavy atom. The zero-order valence-corrected chi connectivity index (χ0v) is 75.5. The van der Waals surface area contributed by atoms with Crippen LogP contribution in [-0.4, -0.2) is 258 Å². The lowest BCUT2D eigenvalue weighted by Crippen LogP contribution is -2.49. The number of ether oxygens (including phenoxy) is 2. The summed E-state index contributed by atoms with van der Waals surface area (Å²) in [5, 5.41) is 47.7. The fourth-order valence-corrected chi connectivity index (χ4v) is 18.6. The SMILES string of the molecule is NCCCCNc1ccc2c(c1)C(=O)N(C1CCC(=O)CC1=O)C2=O.O=C(O)CN1CCN(c2ccc(C(=O)Nc3n[nH]c4ccc(Cc5cc(F)cc(F)c5)cc34)c(NC3CCOCC3)c2)CC1.O=C1CCC(N2C(=O)c3ccc(NCCCCNC(=O)CN4CCN(c5ccc(C(=O)Nc6n[nH]c7ccc(Cc8cc(F)cc(F)c8)cc67)c(NC6CCOCC6)c5)CC4)cc3C2=O)C(=O)C1. The van der Waals surface area contributed by atoms with E-state index in [1.54, 1.807) is 42.5 Å². The third-order valence-corrected chi connectivity index (χ3v) is 25.8. The number of aromatic amines is 2. The van der Waals surface area contributed by atoms with Gasteiger partial charge in [-0.25, -0.2) is 17.6 Å². The summed E-state index contributed by atoms with van der Waals surface area (Å²) in [5.74, 6) is -6.43. The molecule has 8 aromatic carbocycles. The average molecular weight is 1880 g/mol. The molecule has 8 aliphatic rings. The molecule has 0 bridgehead atoms. The molecular weight excluding hydrogens is 1770 g/mol. The molecule has 716 valence electrons. The number of ketones is 4. The topological polar surface area (TPSA) is 431 Å². The van der Waals surface area contributed by atoms with Gasteiger partial charge < -0.3 is 67.3 Å². The summed E-state index contributed by atoms with van der Waals surface area (Å²) < 4.78 is 66.4. The molecule has 7 amide bonds. The molecule has 2 atom stereocenters. The number of H-pyrrole nitrogens is 2. The van der Waals surface area contributed by atoms with Gasteiger partial charge in [0.2, 0.25) is 5.91 Å². The minimum atomic E-state index is -0.907. The number of benzene rings is 8. The Morgan fingerprint density at radius 2 is 0.847 bits per heavy atom. The Hall–Kier alpha value is -14.1. The van der Waals surface area contributed by atoms with Gasteiger partial charge in [0.15, 0.2) is 23.2 Å². The number of rotatable bonds is 31. The first-order valence-corrected chi connectivity index (χ1v) is 46.5. The first-order valence-electron chi connectivity index (χ1n) is 46.5. The minimum absolute atomic E-state index is 0.0240. The largest absolute Gasteiger partial charge is 0.480 e. The summed E-state index contributed by atoms with van der Waals surface area (Å²) in [6, 6.07) is 37.9. The van der Waals surface area contributed by atoms with Gasteiger partial charge in [-0.3, -0.25) is 87.3 Å². The van der Waals surface area contributed by atoms with Crippen molar-refractivity contribution >= 4 is 138 Å². The number of Topliss-reactive ketones (excluding diaryl/α,β-unsaturated/α-hetero) is 4. The van der Waals surface area contributed by atoms with Crippen LogP contribution in [0.4, 0.5) is 63.3 Å². The zero-order chi connectivity index (χ0) is 95.9. The molecule has 0 spiro atoms. The normalized spacial score (nSPS) is 17.8. The van der Waals surface area contributed by atoms with Gasteiger partial charge in [-0.2, -0.15) is 10.2 Å². The fraction of sp³-hybridized carbons (Fsp3) is 0.380. The number of carboxylic acid groups (broad SMARTS) is 1. The number of unbranched alkanes of at least 4 members (excludes halogenated alkanes) is 2. The van der Waals surface area contributed by atoms with Crippen LogP contribution in [0.1, 0.15) is 174 Å². The number of nitrogens with one attached hydrogen (secondary N) is 9. The number of hydrogen-bond acceptors (Lipinski definition) is 25. The van der Waals surface area contributed by atoms with E-state index in [9.17, 15) is 75.1 Å². The Kier molecular flexibility index (Phi) is 30.9. The van der Waals surface area contributed by atoms with Crippen LogP contribution in [0, 0.1) is 23.3 Å². The molecule has 18 rings (SSSR count).